The molecule has 4 heterocycles. The van der Waals surface area contributed by atoms with Crippen LogP contribution in [0.3, 0.4) is 0 Å². The number of carbonyl (C=O) groups is 1. The SMILES string of the molecule is Cc1nc(CC(=O)N2CCCC(c3ccc4cn[nH]c4n3)C2)cs1. The van der Waals surface area contributed by atoms with Crippen molar-refractivity contribution in [3.05, 3.63) is 40.1 Å². The Morgan fingerprint density at radius 2 is 2.33 bits per heavy atom. The van der Waals surface area contributed by atoms with E-state index in [0.717, 1.165) is 53.4 Å². The van der Waals surface area contributed by atoms with Crippen LogP contribution in [0.1, 0.15) is 35.2 Å². The molecule has 0 radical (unpaired) electrons. The highest BCUT2D eigenvalue weighted by Gasteiger charge is 2.26. The molecule has 6 nitrogen and oxygen atoms in total. The van der Waals surface area contributed by atoms with Crippen molar-refractivity contribution >= 4 is 28.3 Å². The number of aryl methyl sites for hydroxylation is 1. The molecule has 0 bridgehead atoms. The van der Waals surface area contributed by atoms with E-state index in [9.17, 15) is 4.79 Å². The maximum atomic E-state index is 12.6. The molecule has 0 aromatic carbocycles. The van der Waals surface area contributed by atoms with Crippen LogP contribution in [0.15, 0.2) is 23.7 Å². The molecule has 1 atom stereocenters. The summed E-state index contributed by atoms with van der Waals surface area (Å²) in [7, 11) is 0. The van der Waals surface area contributed by atoms with Gasteiger partial charge in [-0.05, 0) is 31.9 Å². The Kier molecular flexibility index (Phi) is 4.02. The molecule has 4 rings (SSSR count). The number of carbonyl (C=O) groups excluding carboxylic acids is 1. The maximum absolute atomic E-state index is 12.6. The molecular weight excluding hydrogens is 322 g/mol. The van der Waals surface area contributed by atoms with Crippen LogP contribution in [0.5, 0.6) is 0 Å². The van der Waals surface area contributed by atoms with E-state index >= 15 is 0 Å². The first-order valence-corrected chi connectivity index (χ1v) is 9.06. The van der Waals surface area contributed by atoms with Crippen molar-refractivity contribution in [2.45, 2.75) is 32.1 Å². The number of amides is 1. The van der Waals surface area contributed by atoms with Crippen LogP contribution in [0, 0.1) is 6.92 Å². The average Bonchev–Trinajstić information content (AvgIpc) is 3.23. The number of fused-ring (bicyclic) bond motifs is 1. The molecule has 3 aromatic heterocycles. The third-order valence-corrected chi connectivity index (χ3v) is 5.34. The van der Waals surface area contributed by atoms with E-state index < -0.39 is 0 Å². The normalized spacial score (nSPS) is 18.2. The standard InChI is InChI=1S/C17H19N5OS/c1-11-19-14(10-24-11)7-16(23)22-6-2-3-13(9-22)15-5-4-12-8-18-21-17(12)20-15/h4-5,8,10,13H,2-3,6-7,9H2,1H3,(H,18,20,21). The first-order chi connectivity index (χ1) is 11.7. The molecule has 0 saturated carbocycles. The van der Waals surface area contributed by atoms with Crippen molar-refractivity contribution in [2.24, 2.45) is 0 Å². The number of aromatic nitrogens is 4. The number of rotatable bonds is 3. The lowest BCUT2D eigenvalue weighted by Crippen LogP contribution is -2.40. The van der Waals surface area contributed by atoms with Crippen LogP contribution in [-0.2, 0) is 11.2 Å². The smallest absolute Gasteiger partial charge is 0.228 e. The van der Waals surface area contributed by atoms with E-state index in [1.807, 2.05) is 23.3 Å². The van der Waals surface area contributed by atoms with E-state index in [-0.39, 0.29) is 11.8 Å². The molecule has 124 valence electrons. The van der Waals surface area contributed by atoms with Crippen molar-refractivity contribution in [2.75, 3.05) is 13.1 Å². The van der Waals surface area contributed by atoms with Crippen molar-refractivity contribution in [3.63, 3.8) is 0 Å². The minimum absolute atomic E-state index is 0.160. The van der Waals surface area contributed by atoms with Crippen LogP contribution >= 0.6 is 11.3 Å². The van der Waals surface area contributed by atoms with Gasteiger partial charge in [0, 0.05) is 35.5 Å². The Balaban J connectivity index is 1.47. The Morgan fingerprint density at radius 3 is 3.17 bits per heavy atom. The second-order valence-corrected chi connectivity index (χ2v) is 7.32. The maximum Gasteiger partial charge on any atom is 0.228 e. The molecule has 1 N–H and O–H groups in total. The quantitative estimate of drug-likeness (QED) is 0.795. The van der Waals surface area contributed by atoms with Crippen molar-refractivity contribution in [1.29, 1.82) is 0 Å². The van der Waals surface area contributed by atoms with Gasteiger partial charge in [-0.15, -0.1) is 11.3 Å². The summed E-state index contributed by atoms with van der Waals surface area (Å²) in [6.07, 6.45) is 4.24. The fourth-order valence-electron chi connectivity index (χ4n) is 3.27. The monoisotopic (exact) mass is 341 g/mol. The number of H-pyrrole nitrogens is 1. The predicted octanol–water partition coefficient (Wildman–Crippen LogP) is 2.67. The van der Waals surface area contributed by atoms with Gasteiger partial charge < -0.3 is 4.90 Å². The highest BCUT2D eigenvalue weighted by Crippen LogP contribution is 2.27. The summed E-state index contributed by atoms with van der Waals surface area (Å²) in [4.78, 5) is 23.6. The Hall–Kier alpha value is -2.28. The molecule has 1 saturated heterocycles. The third kappa shape index (κ3) is 3.03. The van der Waals surface area contributed by atoms with Gasteiger partial charge in [0.2, 0.25) is 5.91 Å². The summed E-state index contributed by atoms with van der Waals surface area (Å²) in [5, 5.41) is 10.9. The number of likely N-dealkylation sites (tertiary alicyclic amines) is 1. The number of piperidine rings is 1. The fraction of sp³-hybridized carbons (Fsp3) is 0.412. The highest BCUT2D eigenvalue weighted by molar-refractivity contribution is 7.09. The predicted molar refractivity (Wildman–Crippen MR) is 93.0 cm³/mol. The lowest BCUT2D eigenvalue weighted by atomic mass is 9.94. The Morgan fingerprint density at radius 1 is 1.42 bits per heavy atom. The summed E-state index contributed by atoms with van der Waals surface area (Å²) in [5.41, 5.74) is 2.73. The van der Waals surface area contributed by atoms with E-state index in [1.165, 1.54) is 0 Å². The zero-order valence-electron chi connectivity index (χ0n) is 13.5. The molecule has 1 aliphatic heterocycles. The summed E-state index contributed by atoms with van der Waals surface area (Å²) in [6.45, 7) is 3.52. The third-order valence-electron chi connectivity index (χ3n) is 4.51. The number of nitrogens with one attached hydrogen (secondary N) is 1. The van der Waals surface area contributed by atoms with Crippen LogP contribution in [0.2, 0.25) is 0 Å². The first-order valence-electron chi connectivity index (χ1n) is 8.18. The van der Waals surface area contributed by atoms with Gasteiger partial charge in [-0.3, -0.25) is 9.89 Å². The molecule has 0 spiro atoms. The second kappa shape index (κ2) is 6.32. The van der Waals surface area contributed by atoms with E-state index in [1.54, 1.807) is 17.5 Å². The zero-order chi connectivity index (χ0) is 16.5. The lowest BCUT2D eigenvalue weighted by molar-refractivity contribution is -0.131. The molecule has 3 aromatic rings. The number of pyridine rings is 1. The molecule has 0 aliphatic carbocycles. The lowest BCUT2D eigenvalue weighted by Gasteiger charge is -2.32. The Bertz CT molecular complexity index is 871. The molecular formula is C17H19N5OS. The van der Waals surface area contributed by atoms with Gasteiger partial charge in [-0.1, -0.05) is 0 Å². The van der Waals surface area contributed by atoms with E-state index in [2.05, 4.69) is 26.2 Å². The Labute approximate surface area is 143 Å². The van der Waals surface area contributed by atoms with Gasteiger partial charge in [0.15, 0.2) is 5.65 Å². The van der Waals surface area contributed by atoms with Gasteiger partial charge in [-0.25, -0.2) is 9.97 Å². The van der Waals surface area contributed by atoms with Gasteiger partial charge in [-0.2, -0.15) is 5.10 Å². The van der Waals surface area contributed by atoms with Crippen molar-refractivity contribution < 1.29 is 4.79 Å². The number of thiazole rings is 1. The van der Waals surface area contributed by atoms with Crippen LogP contribution in [0.25, 0.3) is 11.0 Å². The molecule has 1 unspecified atom stereocenters. The van der Waals surface area contributed by atoms with Gasteiger partial charge in [0.25, 0.3) is 0 Å². The minimum atomic E-state index is 0.160. The molecule has 24 heavy (non-hydrogen) atoms. The van der Waals surface area contributed by atoms with E-state index in [4.69, 9.17) is 0 Å². The molecule has 7 heteroatoms. The summed E-state index contributed by atoms with van der Waals surface area (Å²) >= 11 is 1.59. The second-order valence-electron chi connectivity index (χ2n) is 6.26. The largest absolute Gasteiger partial charge is 0.342 e. The molecule has 1 amide bonds. The summed E-state index contributed by atoms with van der Waals surface area (Å²) in [6, 6.07) is 4.10. The van der Waals surface area contributed by atoms with Crippen molar-refractivity contribution in [1.82, 2.24) is 25.1 Å². The minimum Gasteiger partial charge on any atom is -0.342 e. The summed E-state index contributed by atoms with van der Waals surface area (Å²) in [5.74, 6) is 0.445. The molecule has 1 aliphatic rings. The van der Waals surface area contributed by atoms with Crippen molar-refractivity contribution in [3.8, 4) is 0 Å². The number of nitrogens with zero attached hydrogens (tertiary/aromatic N) is 4. The first kappa shape index (κ1) is 15.3. The average molecular weight is 341 g/mol. The number of hydrogen-bond acceptors (Lipinski definition) is 5. The van der Waals surface area contributed by atoms with Crippen LogP contribution in [0.4, 0.5) is 0 Å². The number of aromatic amines is 1. The van der Waals surface area contributed by atoms with Crippen LogP contribution in [-0.4, -0.2) is 44.1 Å². The topological polar surface area (TPSA) is 74.8 Å². The number of hydrogen-bond donors (Lipinski definition) is 1. The van der Waals surface area contributed by atoms with E-state index in [0.29, 0.717) is 6.42 Å². The van der Waals surface area contributed by atoms with Gasteiger partial charge >= 0.3 is 0 Å². The zero-order valence-corrected chi connectivity index (χ0v) is 14.3. The van der Waals surface area contributed by atoms with Gasteiger partial charge in [0.1, 0.15) is 0 Å². The van der Waals surface area contributed by atoms with Crippen LogP contribution < -0.4 is 0 Å². The summed E-state index contributed by atoms with van der Waals surface area (Å²) < 4.78 is 0. The van der Waals surface area contributed by atoms with Gasteiger partial charge in [0.05, 0.1) is 23.3 Å². The highest BCUT2D eigenvalue weighted by atomic mass is 32.1. The molecule has 1 fully saturated rings. The fourth-order valence-corrected chi connectivity index (χ4v) is 3.88.